The van der Waals surface area contributed by atoms with E-state index < -0.39 is 0 Å². The van der Waals surface area contributed by atoms with Gasteiger partial charge in [0.1, 0.15) is 11.5 Å². The zero-order valence-electron chi connectivity index (χ0n) is 15.2. The van der Waals surface area contributed by atoms with Gasteiger partial charge in [-0.3, -0.25) is 0 Å². The van der Waals surface area contributed by atoms with E-state index >= 15 is 0 Å². The number of para-hydroxylation sites is 1. The number of benzene rings is 3. The Hall–Kier alpha value is -3.73. The number of aromatic hydroxyl groups is 1. The molecule has 5 heteroatoms. The first-order valence-corrected chi connectivity index (χ1v) is 9.03. The zero-order chi connectivity index (χ0) is 19.3. The topological polar surface area (TPSA) is 65.7 Å². The summed E-state index contributed by atoms with van der Waals surface area (Å²) in [6, 6.07) is 24.1. The van der Waals surface area contributed by atoms with E-state index in [1.807, 2.05) is 54.6 Å². The van der Waals surface area contributed by atoms with E-state index in [4.69, 9.17) is 4.42 Å². The Morgan fingerprint density at radius 3 is 2.46 bits per heavy atom. The summed E-state index contributed by atoms with van der Waals surface area (Å²) in [6.45, 7) is 0.549. The van der Waals surface area contributed by atoms with Crippen LogP contribution in [-0.2, 0) is 13.1 Å². The fraction of sp³-hybridized carbons (Fsp3) is 0.0870. The smallest absolute Gasteiger partial charge is 0.322 e. The van der Waals surface area contributed by atoms with Crippen LogP contribution in [0.3, 0.4) is 0 Å². The maximum absolute atomic E-state index is 13.0. The monoisotopic (exact) mass is 372 g/mol. The number of carbonyl (C=O) groups excluding carboxylic acids is 1. The molecule has 0 fully saturated rings. The van der Waals surface area contributed by atoms with Gasteiger partial charge in [0.25, 0.3) is 0 Å². The molecule has 0 saturated heterocycles. The van der Waals surface area contributed by atoms with Gasteiger partial charge in [-0.2, -0.15) is 0 Å². The fourth-order valence-corrected chi connectivity index (χ4v) is 3.11. The molecule has 2 N–H and O–H groups in total. The number of furan rings is 1. The summed E-state index contributed by atoms with van der Waals surface area (Å²) in [6.07, 6.45) is 1.58. The number of hydrogen-bond donors (Lipinski definition) is 2. The van der Waals surface area contributed by atoms with E-state index in [-0.39, 0.29) is 18.3 Å². The van der Waals surface area contributed by atoms with E-state index in [1.165, 1.54) is 0 Å². The van der Waals surface area contributed by atoms with Crippen molar-refractivity contribution in [3.63, 3.8) is 0 Å². The van der Waals surface area contributed by atoms with Crippen LogP contribution in [0.25, 0.3) is 10.8 Å². The third-order valence-corrected chi connectivity index (χ3v) is 4.57. The summed E-state index contributed by atoms with van der Waals surface area (Å²) in [5, 5.41) is 15.2. The SMILES string of the molecule is O=C(Nc1ccc2ccccc2c1)N(Cc1ccco1)Cc1ccccc1O. The van der Waals surface area contributed by atoms with E-state index in [2.05, 4.69) is 5.32 Å². The van der Waals surface area contributed by atoms with Gasteiger partial charge in [0.05, 0.1) is 19.4 Å². The van der Waals surface area contributed by atoms with Crippen LogP contribution >= 0.6 is 0 Å². The Kier molecular flexibility index (Phi) is 4.97. The Bertz CT molecular complexity index is 1090. The van der Waals surface area contributed by atoms with Crippen molar-refractivity contribution in [2.75, 3.05) is 5.32 Å². The summed E-state index contributed by atoms with van der Waals surface area (Å²) >= 11 is 0. The van der Waals surface area contributed by atoms with Gasteiger partial charge in [0.15, 0.2) is 0 Å². The van der Waals surface area contributed by atoms with E-state index in [9.17, 15) is 9.90 Å². The minimum atomic E-state index is -0.269. The number of amides is 2. The standard InChI is InChI=1S/C23H20N2O3/c26-22-10-4-3-8-19(22)15-25(16-21-9-5-13-28-21)23(27)24-20-12-11-17-6-1-2-7-18(17)14-20/h1-14,26H,15-16H2,(H,24,27). The Morgan fingerprint density at radius 1 is 0.893 bits per heavy atom. The van der Waals surface area contributed by atoms with E-state index in [0.29, 0.717) is 23.6 Å². The van der Waals surface area contributed by atoms with Crippen LogP contribution in [-0.4, -0.2) is 16.0 Å². The largest absolute Gasteiger partial charge is 0.508 e. The molecule has 28 heavy (non-hydrogen) atoms. The highest BCUT2D eigenvalue weighted by molar-refractivity contribution is 5.93. The van der Waals surface area contributed by atoms with Crippen LogP contribution in [0.4, 0.5) is 10.5 Å². The van der Waals surface area contributed by atoms with Gasteiger partial charge < -0.3 is 19.7 Å². The zero-order valence-corrected chi connectivity index (χ0v) is 15.2. The molecule has 4 aromatic rings. The van der Waals surface area contributed by atoms with Crippen molar-refractivity contribution in [3.8, 4) is 5.75 Å². The van der Waals surface area contributed by atoms with Crippen molar-refractivity contribution in [2.24, 2.45) is 0 Å². The number of rotatable bonds is 5. The number of fused-ring (bicyclic) bond motifs is 1. The quantitative estimate of drug-likeness (QED) is 0.495. The highest BCUT2D eigenvalue weighted by atomic mass is 16.3. The third-order valence-electron chi connectivity index (χ3n) is 4.57. The summed E-state index contributed by atoms with van der Waals surface area (Å²) in [5.74, 6) is 0.828. The first kappa shape index (κ1) is 17.7. The number of nitrogens with one attached hydrogen (secondary N) is 1. The lowest BCUT2D eigenvalue weighted by Crippen LogP contribution is -2.34. The molecule has 3 aromatic carbocycles. The molecule has 1 heterocycles. The molecule has 0 bridgehead atoms. The molecule has 0 spiro atoms. The van der Waals surface area contributed by atoms with Crippen molar-refractivity contribution in [3.05, 3.63) is 96.4 Å². The molecular weight excluding hydrogens is 352 g/mol. The lowest BCUT2D eigenvalue weighted by atomic mass is 10.1. The molecule has 1 aromatic heterocycles. The molecule has 0 unspecified atom stereocenters. The van der Waals surface area contributed by atoms with Crippen molar-refractivity contribution in [2.45, 2.75) is 13.1 Å². The van der Waals surface area contributed by atoms with Crippen molar-refractivity contribution < 1.29 is 14.3 Å². The van der Waals surface area contributed by atoms with E-state index in [0.717, 1.165) is 10.8 Å². The molecule has 4 rings (SSSR count). The van der Waals surface area contributed by atoms with Crippen LogP contribution < -0.4 is 5.32 Å². The molecule has 0 atom stereocenters. The Balaban J connectivity index is 1.57. The van der Waals surface area contributed by atoms with Crippen LogP contribution in [0.15, 0.2) is 89.5 Å². The molecule has 2 amide bonds. The van der Waals surface area contributed by atoms with Gasteiger partial charge in [-0.15, -0.1) is 0 Å². The molecular formula is C23H20N2O3. The van der Waals surface area contributed by atoms with Crippen molar-refractivity contribution in [1.82, 2.24) is 4.90 Å². The number of urea groups is 1. The lowest BCUT2D eigenvalue weighted by Gasteiger charge is -2.23. The van der Waals surface area contributed by atoms with Crippen molar-refractivity contribution >= 4 is 22.5 Å². The molecule has 5 nitrogen and oxygen atoms in total. The highest BCUT2D eigenvalue weighted by Gasteiger charge is 2.17. The van der Waals surface area contributed by atoms with Crippen LogP contribution in [0, 0.1) is 0 Å². The maximum Gasteiger partial charge on any atom is 0.322 e. The number of phenols is 1. The summed E-state index contributed by atoms with van der Waals surface area (Å²) in [5.41, 5.74) is 1.38. The predicted molar refractivity (Wildman–Crippen MR) is 109 cm³/mol. The van der Waals surface area contributed by atoms with Crippen LogP contribution in [0.2, 0.25) is 0 Å². The minimum absolute atomic E-state index is 0.158. The second-order valence-electron chi connectivity index (χ2n) is 6.56. The van der Waals surface area contributed by atoms with Gasteiger partial charge in [-0.05, 0) is 41.1 Å². The third kappa shape index (κ3) is 3.99. The molecule has 0 aliphatic heterocycles. The number of hydrogen-bond acceptors (Lipinski definition) is 3. The lowest BCUT2D eigenvalue weighted by molar-refractivity contribution is 0.200. The van der Waals surface area contributed by atoms with Gasteiger partial charge in [-0.1, -0.05) is 48.5 Å². The number of carbonyl (C=O) groups is 1. The number of phenolic OH excluding ortho intramolecular Hbond substituents is 1. The van der Waals surface area contributed by atoms with Crippen LogP contribution in [0.5, 0.6) is 5.75 Å². The minimum Gasteiger partial charge on any atom is -0.508 e. The molecule has 0 aliphatic carbocycles. The van der Waals surface area contributed by atoms with E-state index in [1.54, 1.807) is 35.4 Å². The second-order valence-corrected chi connectivity index (χ2v) is 6.56. The van der Waals surface area contributed by atoms with Gasteiger partial charge in [0.2, 0.25) is 0 Å². The Labute approximate surface area is 162 Å². The maximum atomic E-state index is 13.0. The van der Waals surface area contributed by atoms with Crippen LogP contribution in [0.1, 0.15) is 11.3 Å². The second kappa shape index (κ2) is 7.88. The first-order chi connectivity index (χ1) is 13.7. The van der Waals surface area contributed by atoms with Gasteiger partial charge in [0, 0.05) is 11.3 Å². The molecule has 140 valence electrons. The van der Waals surface area contributed by atoms with Crippen molar-refractivity contribution in [1.29, 1.82) is 0 Å². The fourth-order valence-electron chi connectivity index (χ4n) is 3.11. The highest BCUT2D eigenvalue weighted by Crippen LogP contribution is 2.22. The average Bonchev–Trinajstić information content (AvgIpc) is 3.22. The average molecular weight is 372 g/mol. The predicted octanol–water partition coefficient (Wildman–Crippen LogP) is 5.37. The summed E-state index contributed by atoms with van der Waals surface area (Å²) in [7, 11) is 0. The van der Waals surface area contributed by atoms with Gasteiger partial charge >= 0.3 is 6.03 Å². The number of anilines is 1. The summed E-state index contributed by atoms with van der Waals surface area (Å²) < 4.78 is 5.41. The molecule has 0 aliphatic rings. The summed E-state index contributed by atoms with van der Waals surface area (Å²) in [4.78, 5) is 14.6. The van der Waals surface area contributed by atoms with Gasteiger partial charge in [-0.25, -0.2) is 4.79 Å². The number of nitrogens with zero attached hydrogens (tertiary/aromatic N) is 1. The Morgan fingerprint density at radius 2 is 1.68 bits per heavy atom. The first-order valence-electron chi connectivity index (χ1n) is 9.03. The molecule has 0 radical (unpaired) electrons. The normalized spacial score (nSPS) is 10.7. The molecule has 0 saturated carbocycles.